The van der Waals surface area contributed by atoms with Crippen LogP contribution in [0.2, 0.25) is 5.02 Å². The van der Waals surface area contributed by atoms with E-state index < -0.39 is 11.7 Å². The van der Waals surface area contributed by atoms with Gasteiger partial charge in [-0.3, -0.25) is 0 Å². The highest BCUT2D eigenvalue weighted by Gasteiger charge is 2.42. The van der Waals surface area contributed by atoms with Crippen molar-refractivity contribution >= 4 is 17.3 Å². The third kappa shape index (κ3) is 2.91. The normalized spacial score (nSPS) is 19.4. The van der Waals surface area contributed by atoms with Crippen molar-refractivity contribution in [3.05, 3.63) is 28.8 Å². The lowest BCUT2D eigenvalue weighted by molar-refractivity contribution is -0.137. The molecular weight excluding hydrogens is 263 g/mol. The molecule has 100 valence electrons. The standard InChI is InChI=1S/C13H15ClF3N/c1-8(12(2)3-4-12)18-11-6-9(13(15,16)17)5-10(14)7-11/h5-8,18H,3-4H2,1-2H3. The predicted octanol–water partition coefficient (Wildman–Crippen LogP) is 4.96. The van der Waals surface area contributed by atoms with E-state index in [0.29, 0.717) is 5.69 Å². The van der Waals surface area contributed by atoms with Gasteiger partial charge in [-0.1, -0.05) is 18.5 Å². The number of hydrogen-bond acceptors (Lipinski definition) is 1. The number of anilines is 1. The largest absolute Gasteiger partial charge is 0.416 e. The Morgan fingerprint density at radius 2 is 1.89 bits per heavy atom. The maximum absolute atomic E-state index is 12.6. The molecule has 18 heavy (non-hydrogen) atoms. The third-order valence-electron chi connectivity index (χ3n) is 3.69. The Morgan fingerprint density at radius 3 is 2.39 bits per heavy atom. The van der Waals surface area contributed by atoms with E-state index >= 15 is 0 Å². The van der Waals surface area contributed by atoms with E-state index in [-0.39, 0.29) is 16.5 Å². The van der Waals surface area contributed by atoms with Crippen LogP contribution in [0.3, 0.4) is 0 Å². The van der Waals surface area contributed by atoms with Crippen molar-refractivity contribution in [3.63, 3.8) is 0 Å². The molecule has 1 aromatic carbocycles. The Balaban J connectivity index is 2.20. The van der Waals surface area contributed by atoms with E-state index in [9.17, 15) is 13.2 Å². The molecular formula is C13H15ClF3N. The number of alkyl halides is 3. The average molecular weight is 278 g/mol. The van der Waals surface area contributed by atoms with E-state index in [2.05, 4.69) is 12.2 Å². The van der Waals surface area contributed by atoms with Crippen molar-refractivity contribution < 1.29 is 13.2 Å². The molecule has 0 bridgehead atoms. The number of benzene rings is 1. The van der Waals surface area contributed by atoms with Gasteiger partial charge in [-0.2, -0.15) is 13.2 Å². The lowest BCUT2D eigenvalue weighted by atomic mass is 10.0. The van der Waals surface area contributed by atoms with Gasteiger partial charge in [0.05, 0.1) is 5.56 Å². The third-order valence-corrected chi connectivity index (χ3v) is 3.91. The van der Waals surface area contributed by atoms with Gasteiger partial charge in [0.1, 0.15) is 0 Å². The molecule has 0 heterocycles. The van der Waals surface area contributed by atoms with Crippen molar-refractivity contribution in [1.29, 1.82) is 0 Å². The number of nitrogens with one attached hydrogen (secondary N) is 1. The lowest BCUT2D eigenvalue weighted by Gasteiger charge is -2.22. The molecule has 1 aliphatic rings. The average Bonchev–Trinajstić information content (AvgIpc) is 2.95. The summed E-state index contributed by atoms with van der Waals surface area (Å²) < 4.78 is 37.9. The zero-order chi connectivity index (χ0) is 13.6. The van der Waals surface area contributed by atoms with Crippen molar-refractivity contribution in [1.82, 2.24) is 0 Å². The van der Waals surface area contributed by atoms with Crippen molar-refractivity contribution in [3.8, 4) is 0 Å². The predicted molar refractivity (Wildman–Crippen MR) is 66.9 cm³/mol. The van der Waals surface area contributed by atoms with Crippen LogP contribution in [-0.4, -0.2) is 6.04 Å². The molecule has 0 aromatic heterocycles. The Bertz CT molecular complexity index is 452. The Kier molecular flexibility index (Phi) is 3.26. The van der Waals surface area contributed by atoms with E-state index in [4.69, 9.17) is 11.6 Å². The highest BCUT2D eigenvalue weighted by atomic mass is 35.5. The van der Waals surface area contributed by atoms with E-state index in [1.165, 1.54) is 6.07 Å². The molecule has 1 nitrogen and oxygen atoms in total. The first-order valence-electron chi connectivity index (χ1n) is 5.85. The minimum absolute atomic E-state index is 0.0977. The van der Waals surface area contributed by atoms with Crippen LogP contribution in [0.4, 0.5) is 18.9 Å². The highest BCUT2D eigenvalue weighted by Crippen LogP contribution is 2.49. The molecule has 1 aliphatic carbocycles. The quantitative estimate of drug-likeness (QED) is 0.823. The zero-order valence-electron chi connectivity index (χ0n) is 10.2. The molecule has 1 atom stereocenters. The van der Waals surface area contributed by atoms with Gasteiger partial charge >= 0.3 is 6.18 Å². The molecule has 0 radical (unpaired) electrons. The summed E-state index contributed by atoms with van der Waals surface area (Å²) in [5, 5.41) is 3.21. The summed E-state index contributed by atoms with van der Waals surface area (Å²) >= 11 is 5.73. The van der Waals surface area contributed by atoms with E-state index in [1.807, 2.05) is 6.92 Å². The fourth-order valence-electron chi connectivity index (χ4n) is 1.89. The summed E-state index contributed by atoms with van der Waals surface area (Å²) in [7, 11) is 0. The SMILES string of the molecule is CC(Nc1cc(Cl)cc(C(F)(F)F)c1)C1(C)CC1. The van der Waals surface area contributed by atoms with Gasteiger partial charge in [0, 0.05) is 16.8 Å². The number of hydrogen-bond donors (Lipinski definition) is 1. The second-order valence-corrected chi connectivity index (χ2v) is 5.68. The minimum Gasteiger partial charge on any atom is -0.382 e. The molecule has 1 unspecified atom stereocenters. The molecule has 2 rings (SSSR count). The molecule has 0 amide bonds. The summed E-state index contributed by atoms with van der Waals surface area (Å²) in [6.45, 7) is 4.11. The molecule has 1 saturated carbocycles. The molecule has 1 aromatic rings. The topological polar surface area (TPSA) is 12.0 Å². The second-order valence-electron chi connectivity index (χ2n) is 5.25. The van der Waals surface area contributed by atoms with Crippen molar-refractivity contribution in [2.75, 3.05) is 5.32 Å². The van der Waals surface area contributed by atoms with Crippen LogP contribution >= 0.6 is 11.6 Å². The van der Waals surface area contributed by atoms with Gasteiger partial charge in [0.25, 0.3) is 0 Å². The lowest BCUT2D eigenvalue weighted by Crippen LogP contribution is -2.25. The second kappa shape index (κ2) is 4.34. The molecule has 0 aliphatic heterocycles. The van der Waals surface area contributed by atoms with E-state index in [1.54, 1.807) is 0 Å². The van der Waals surface area contributed by atoms with Gasteiger partial charge < -0.3 is 5.32 Å². The summed E-state index contributed by atoms with van der Waals surface area (Å²) in [5.74, 6) is 0. The fraction of sp³-hybridized carbons (Fsp3) is 0.538. The van der Waals surface area contributed by atoms with Crippen LogP contribution in [0.15, 0.2) is 18.2 Å². The number of rotatable bonds is 3. The van der Waals surface area contributed by atoms with Gasteiger partial charge in [0.15, 0.2) is 0 Å². The first-order chi connectivity index (χ1) is 8.21. The van der Waals surface area contributed by atoms with E-state index in [0.717, 1.165) is 25.0 Å². The maximum atomic E-state index is 12.6. The summed E-state index contributed by atoms with van der Waals surface area (Å²) in [4.78, 5) is 0. The summed E-state index contributed by atoms with van der Waals surface area (Å²) in [6.07, 6.45) is -2.16. The molecule has 0 spiro atoms. The van der Waals surface area contributed by atoms with Crippen LogP contribution in [0.25, 0.3) is 0 Å². The maximum Gasteiger partial charge on any atom is 0.416 e. The zero-order valence-corrected chi connectivity index (χ0v) is 11.0. The Labute approximate surface area is 109 Å². The fourth-order valence-corrected chi connectivity index (χ4v) is 2.13. The minimum atomic E-state index is -4.37. The first-order valence-corrected chi connectivity index (χ1v) is 6.23. The van der Waals surface area contributed by atoms with Crippen LogP contribution in [-0.2, 0) is 6.18 Å². The van der Waals surface area contributed by atoms with Gasteiger partial charge in [-0.25, -0.2) is 0 Å². The van der Waals surface area contributed by atoms with Crippen LogP contribution in [0, 0.1) is 5.41 Å². The van der Waals surface area contributed by atoms with Gasteiger partial charge in [0.2, 0.25) is 0 Å². The van der Waals surface area contributed by atoms with Gasteiger partial charge in [-0.05, 0) is 43.4 Å². The smallest absolute Gasteiger partial charge is 0.382 e. The van der Waals surface area contributed by atoms with Crippen molar-refractivity contribution in [2.45, 2.75) is 38.9 Å². The summed E-state index contributed by atoms with van der Waals surface area (Å²) in [5.41, 5.74) is -0.0955. The molecule has 1 N–H and O–H groups in total. The molecule has 1 fully saturated rings. The van der Waals surface area contributed by atoms with Crippen LogP contribution < -0.4 is 5.32 Å². The summed E-state index contributed by atoms with van der Waals surface area (Å²) in [6, 6.07) is 3.71. The highest BCUT2D eigenvalue weighted by molar-refractivity contribution is 6.30. The monoisotopic (exact) mass is 277 g/mol. The Hall–Kier alpha value is -0.900. The number of halogens is 4. The molecule has 0 saturated heterocycles. The molecule has 5 heteroatoms. The van der Waals surface area contributed by atoms with Crippen molar-refractivity contribution in [2.24, 2.45) is 5.41 Å². The van der Waals surface area contributed by atoms with Crippen LogP contribution in [0.5, 0.6) is 0 Å². The first kappa shape index (κ1) is 13.5. The Morgan fingerprint density at radius 1 is 1.28 bits per heavy atom. The van der Waals surface area contributed by atoms with Gasteiger partial charge in [-0.15, -0.1) is 0 Å². The van der Waals surface area contributed by atoms with Crippen LogP contribution in [0.1, 0.15) is 32.3 Å².